The number of halogens is 2. The Labute approximate surface area is 201 Å². The minimum atomic E-state index is -3.06. The number of hydrogen-bond acceptors (Lipinski definition) is 8. The fraction of sp³-hybridized carbons (Fsp3) is 0.500. The van der Waals surface area contributed by atoms with Gasteiger partial charge in [0.25, 0.3) is 11.8 Å². The van der Waals surface area contributed by atoms with Crippen LogP contribution in [0.3, 0.4) is 0 Å². The van der Waals surface area contributed by atoms with E-state index in [1.54, 1.807) is 44.0 Å². The first-order chi connectivity index (χ1) is 16.7. The van der Waals surface area contributed by atoms with Crippen LogP contribution in [-0.4, -0.2) is 71.2 Å². The van der Waals surface area contributed by atoms with E-state index in [4.69, 9.17) is 4.74 Å². The highest BCUT2D eigenvalue weighted by Gasteiger charge is 2.49. The van der Waals surface area contributed by atoms with Gasteiger partial charge in [0.1, 0.15) is 18.1 Å². The maximum absolute atomic E-state index is 14.7. The second-order valence-corrected chi connectivity index (χ2v) is 9.22. The number of amides is 2. The number of aliphatic hydroxyl groups excluding tert-OH is 1. The SMILES string of the molecule is CCN(C=O)C(=O)C1(NC)COc2cc(-c3nc(N4CC(O)[C@@H]4C)nc4c3CCC4(F)F)ccc21. The Morgan fingerprint density at radius 2 is 2.17 bits per heavy atom. The highest BCUT2D eigenvalue weighted by molar-refractivity contribution is 5.96. The van der Waals surface area contributed by atoms with Gasteiger partial charge >= 0.3 is 0 Å². The van der Waals surface area contributed by atoms with Crippen molar-refractivity contribution in [3.8, 4) is 17.0 Å². The average Bonchev–Trinajstić information content (AvgIpc) is 3.39. The fourth-order valence-electron chi connectivity index (χ4n) is 5.04. The second kappa shape index (κ2) is 8.20. The Bertz CT molecular complexity index is 1210. The molecule has 3 heterocycles. The molecule has 2 aliphatic heterocycles. The van der Waals surface area contributed by atoms with Gasteiger partial charge in [-0.1, -0.05) is 12.1 Å². The van der Waals surface area contributed by atoms with E-state index < -0.39 is 23.5 Å². The van der Waals surface area contributed by atoms with Crippen molar-refractivity contribution in [1.82, 2.24) is 20.2 Å². The molecule has 2 unspecified atom stereocenters. The summed E-state index contributed by atoms with van der Waals surface area (Å²) < 4.78 is 35.3. The number of rotatable bonds is 6. The van der Waals surface area contributed by atoms with E-state index in [-0.39, 0.29) is 50.2 Å². The normalized spacial score (nSPS) is 25.9. The highest BCUT2D eigenvalue weighted by atomic mass is 19.3. The fourth-order valence-corrected chi connectivity index (χ4v) is 5.04. The summed E-state index contributed by atoms with van der Waals surface area (Å²) >= 11 is 0. The van der Waals surface area contributed by atoms with Crippen molar-refractivity contribution < 1.29 is 28.2 Å². The minimum absolute atomic E-state index is 0.0140. The van der Waals surface area contributed by atoms with Gasteiger partial charge in [-0.3, -0.25) is 19.8 Å². The molecule has 9 nitrogen and oxygen atoms in total. The second-order valence-electron chi connectivity index (χ2n) is 9.22. The van der Waals surface area contributed by atoms with Crippen molar-refractivity contribution in [2.24, 2.45) is 0 Å². The van der Waals surface area contributed by atoms with Gasteiger partial charge in [0.05, 0.1) is 17.8 Å². The van der Waals surface area contributed by atoms with E-state index in [1.165, 1.54) is 0 Å². The zero-order valence-corrected chi connectivity index (χ0v) is 19.7. The predicted molar refractivity (Wildman–Crippen MR) is 122 cm³/mol. The molecule has 0 bridgehead atoms. The Morgan fingerprint density at radius 3 is 2.80 bits per heavy atom. The standard InChI is InChI=1S/C24H27F2N5O4/c1-4-30(12-32)21(34)23(27-3)11-35-18-9-14(5-6-16(18)23)19-15-7-8-24(25,26)20(15)29-22(28-19)31-10-17(33)13(31)2/h5-6,9,12-13,17,27,33H,4,7-8,10-11H2,1-3H3/t13-,17?,23?/m0/s1. The molecule has 0 radical (unpaired) electrons. The zero-order valence-electron chi connectivity index (χ0n) is 19.7. The summed E-state index contributed by atoms with van der Waals surface area (Å²) in [5.74, 6) is -2.92. The van der Waals surface area contributed by atoms with E-state index in [1.807, 2.05) is 0 Å². The van der Waals surface area contributed by atoms with Gasteiger partial charge in [-0.2, -0.15) is 8.78 Å². The van der Waals surface area contributed by atoms with Crippen LogP contribution in [0.4, 0.5) is 14.7 Å². The summed E-state index contributed by atoms with van der Waals surface area (Å²) in [7, 11) is 1.62. The van der Waals surface area contributed by atoms with E-state index in [9.17, 15) is 23.5 Å². The van der Waals surface area contributed by atoms with Crippen molar-refractivity contribution in [1.29, 1.82) is 0 Å². The predicted octanol–water partition coefficient (Wildman–Crippen LogP) is 1.56. The molecule has 1 aromatic heterocycles. The molecule has 35 heavy (non-hydrogen) atoms. The van der Waals surface area contributed by atoms with E-state index in [2.05, 4.69) is 15.3 Å². The molecule has 3 aliphatic rings. The molecule has 186 valence electrons. The van der Waals surface area contributed by atoms with Gasteiger partial charge in [0.15, 0.2) is 5.54 Å². The van der Waals surface area contributed by atoms with Crippen LogP contribution in [0.5, 0.6) is 5.75 Å². The molecule has 11 heteroatoms. The number of likely N-dealkylation sites (N-methyl/N-ethyl adjacent to an activating group) is 2. The van der Waals surface area contributed by atoms with Gasteiger partial charge in [0, 0.05) is 36.2 Å². The molecular weight excluding hydrogens is 460 g/mol. The number of alkyl halides is 2. The van der Waals surface area contributed by atoms with Crippen molar-refractivity contribution in [2.45, 2.75) is 50.3 Å². The molecule has 3 atom stereocenters. The van der Waals surface area contributed by atoms with Gasteiger partial charge in [-0.15, -0.1) is 0 Å². The Morgan fingerprint density at radius 1 is 1.40 bits per heavy atom. The maximum Gasteiger partial charge on any atom is 0.290 e. The molecule has 2 amide bonds. The first kappa shape index (κ1) is 23.6. The molecule has 0 saturated carbocycles. The molecule has 1 aliphatic carbocycles. The monoisotopic (exact) mass is 487 g/mol. The number of ether oxygens (including phenoxy) is 1. The number of carbonyl (C=O) groups excluding carboxylic acids is 2. The highest BCUT2D eigenvalue weighted by Crippen LogP contribution is 2.46. The van der Waals surface area contributed by atoms with E-state index in [0.29, 0.717) is 34.5 Å². The Kier molecular flexibility index (Phi) is 5.52. The third-order valence-corrected chi connectivity index (χ3v) is 7.40. The summed E-state index contributed by atoms with van der Waals surface area (Å²) in [5.41, 5.74) is 0.386. The number of benzene rings is 1. The number of hydrogen-bond donors (Lipinski definition) is 2. The topological polar surface area (TPSA) is 108 Å². The number of anilines is 1. The lowest BCUT2D eigenvalue weighted by Gasteiger charge is -2.43. The largest absolute Gasteiger partial charge is 0.490 e. The van der Waals surface area contributed by atoms with Crippen LogP contribution in [0, 0.1) is 0 Å². The third kappa shape index (κ3) is 3.40. The summed E-state index contributed by atoms with van der Waals surface area (Å²) in [5, 5.41) is 12.9. The van der Waals surface area contributed by atoms with Gasteiger partial charge in [-0.05, 0) is 33.4 Å². The molecule has 0 spiro atoms. The lowest BCUT2D eigenvalue weighted by molar-refractivity contribution is -0.144. The summed E-state index contributed by atoms with van der Waals surface area (Å²) in [6.45, 7) is 3.97. The average molecular weight is 488 g/mol. The number of fused-ring (bicyclic) bond motifs is 2. The van der Waals surface area contributed by atoms with Crippen molar-refractivity contribution in [3.05, 3.63) is 35.0 Å². The van der Waals surface area contributed by atoms with Crippen molar-refractivity contribution in [3.63, 3.8) is 0 Å². The summed E-state index contributed by atoms with van der Waals surface area (Å²) in [6.07, 6.45) is -0.278. The molecule has 1 saturated heterocycles. The van der Waals surface area contributed by atoms with Gasteiger partial charge in [-0.25, -0.2) is 9.97 Å². The smallest absolute Gasteiger partial charge is 0.290 e. The number of imide groups is 1. The number of β-amino-alcohol motifs (C(OH)–C–C–N with tert-alkyl or cyclic N) is 1. The molecule has 2 aromatic rings. The van der Waals surface area contributed by atoms with Crippen LogP contribution >= 0.6 is 0 Å². The van der Waals surface area contributed by atoms with Crippen LogP contribution in [0.2, 0.25) is 0 Å². The van der Waals surface area contributed by atoms with Crippen molar-refractivity contribution >= 4 is 18.3 Å². The van der Waals surface area contributed by atoms with E-state index >= 15 is 0 Å². The number of nitrogens with zero attached hydrogens (tertiary/aromatic N) is 4. The van der Waals surface area contributed by atoms with Crippen LogP contribution < -0.4 is 15.0 Å². The number of aromatic nitrogens is 2. The summed E-state index contributed by atoms with van der Waals surface area (Å²) in [6, 6.07) is 4.85. The molecular formula is C24H27F2N5O4. The lowest BCUT2D eigenvalue weighted by atomic mass is 9.89. The van der Waals surface area contributed by atoms with Crippen LogP contribution in [0.1, 0.15) is 37.1 Å². The first-order valence-electron chi connectivity index (χ1n) is 11.6. The Balaban J connectivity index is 1.59. The summed E-state index contributed by atoms with van der Waals surface area (Å²) in [4.78, 5) is 36.2. The molecule has 1 fully saturated rings. The number of nitrogens with one attached hydrogen (secondary N) is 1. The van der Waals surface area contributed by atoms with E-state index in [0.717, 1.165) is 4.90 Å². The van der Waals surface area contributed by atoms with Gasteiger partial charge < -0.3 is 14.7 Å². The van der Waals surface area contributed by atoms with Gasteiger partial charge in [0.2, 0.25) is 12.4 Å². The number of aliphatic hydroxyl groups is 1. The molecule has 1 aromatic carbocycles. The third-order valence-electron chi connectivity index (χ3n) is 7.40. The Hall–Kier alpha value is -3.18. The minimum Gasteiger partial charge on any atom is -0.490 e. The first-order valence-corrected chi connectivity index (χ1v) is 11.6. The van der Waals surface area contributed by atoms with Crippen molar-refractivity contribution in [2.75, 3.05) is 31.6 Å². The van der Waals surface area contributed by atoms with Crippen LogP contribution in [0.15, 0.2) is 18.2 Å². The lowest BCUT2D eigenvalue weighted by Crippen LogP contribution is -2.59. The van der Waals surface area contributed by atoms with Crippen LogP contribution in [0.25, 0.3) is 11.3 Å². The molecule has 2 N–H and O–H groups in total. The quantitative estimate of drug-likeness (QED) is 0.592. The van der Waals surface area contributed by atoms with Crippen LogP contribution in [-0.2, 0) is 27.5 Å². The zero-order chi connectivity index (χ0) is 25.1. The number of carbonyl (C=O) groups is 2. The molecule has 5 rings (SSSR count). The maximum atomic E-state index is 14.7.